The molecule has 1 atom stereocenters. The first-order valence-electron chi connectivity index (χ1n) is 7.13. The summed E-state index contributed by atoms with van der Waals surface area (Å²) in [6, 6.07) is 5.74. The minimum atomic E-state index is -0.174. The van der Waals surface area contributed by atoms with Crippen LogP contribution in [0, 0.1) is 5.82 Å². The van der Waals surface area contributed by atoms with Crippen LogP contribution in [0.2, 0.25) is 0 Å². The number of nitrogens with zero attached hydrogens (tertiary/aromatic N) is 2. The average molecular weight is 327 g/mol. The molecule has 2 nitrogen and oxygen atoms in total. The normalized spacial score (nSPS) is 25.3. The molecular weight excluding hydrogens is 307 g/mol. The molecule has 0 saturated carbocycles. The topological polar surface area (TPSA) is 6.48 Å². The van der Waals surface area contributed by atoms with Crippen molar-refractivity contribution in [3.63, 3.8) is 0 Å². The average Bonchev–Trinajstić information content (AvgIpc) is 3.03. The van der Waals surface area contributed by atoms with Crippen molar-refractivity contribution in [1.29, 1.82) is 0 Å². The number of hydrogen-bond acceptors (Lipinski definition) is 2. The van der Waals surface area contributed by atoms with E-state index in [1.54, 1.807) is 12.1 Å². The molecule has 3 rings (SSSR count). The van der Waals surface area contributed by atoms with Gasteiger partial charge in [0.25, 0.3) is 0 Å². The van der Waals surface area contributed by atoms with E-state index >= 15 is 0 Å². The Morgan fingerprint density at radius 3 is 2.74 bits per heavy atom. The zero-order valence-electron chi connectivity index (χ0n) is 11.1. The molecule has 1 unspecified atom stereocenters. The van der Waals surface area contributed by atoms with Gasteiger partial charge in [-0.25, -0.2) is 4.39 Å². The van der Waals surface area contributed by atoms with Crippen LogP contribution in [0.3, 0.4) is 0 Å². The monoisotopic (exact) mass is 326 g/mol. The fraction of sp³-hybridized carbons (Fsp3) is 0.600. The fourth-order valence-electron chi connectivity index (χ4n) is 3.25. The van der Waals surface area contributed by atoms with Gasteiger partial charge in [0.1, 0.15) is 5.82 Å². The predicted octanol–water partition coefficient (Wildman–Crippen LogP) is 3.26. The van der Waals surface area contributed by atoms with Crippen LogP contribution in [0.25, 0.3) is 0 Å². The van der Waals surface area contributed by atoms with E-state index < -0.39 is 0 Å². The minimum Gasteiger partial charge on any atom is -0.299 e. The molecule has 104 valence electrons. The highest BCUT2D eigenvalue weighted by Gasteiger charge is 2.29. The van der Waals surface area contributed by atoms with Crippen LogP contribution >= 0.6 is 15.9 Å². The molecule has 1 aromatic rings. The van der Waals surface area contributed by atoms with Crippen molar-refractivity contribution < 1.29 is 4.39 Å². The van der Waals surface area contributed by atoms with Gasteiger partial charge in [0.2, 0.25) is 0 Å². The summed E-state index contributed by atoms with van der Waals surface area (Å²) in [5, 5.41) is 0. The van der Waals surface area contributed by atoms with E-state index in [0.717, 1.165) is 30.1 Å². The molecular formula is C15H20BrFN2. The van der Waals surface area contributed by atoms with Crippen LogP contribution in [-0.4, -0.2) is 42.0 Å². The molecule has 0 N–H and O–H groups in total. The molecule has 0 aliphatic carbocycles. The Bertz CT molecular complexity index is 446. The first kappa shape index (κ1) is 13.5. The first-order valence-corrected chi connectivity index (χ1v) is 7.92. The summed E-state index contributed by atoms with van der Waals surface area (Å²) in [5.74, 6) is -0.174. The summed E-state index contributed by atoms with van der Waals surface area (Å²) >= 11 is 3.46. The SMILES string of the molecule is Fc1ccc(CN2CCC(N3CCCC3)C2)c(Br)c1. The van der Waals surface area contributed by atoms with E-state index in [4.69, 9.17) is 0 Å². The zero-order chi connectivity index (χ0) is 13.2. The molecule has 0 bridgehead atoms. The molecule has 2 fully saturated rings. The highest BCUT2D eigenvalue weighted by atomic mass is 79.9. The molecule has 4 heteroatoms. The van der Waals surface area contributed by atoms with E-state index in [1.165, 1.54) is 37.9 Å². The van der Waals surface area contributed by atoms with Gasteiger partial charge in [-0.1, -0.05) is 22.0 Å². The maximum absolute atomic E-state index is 13.1. The highest BCUT2D eigenvalue weighted by Crippen LogP contribution is 2.24. The third kappa shape index (κ3) is 3.18. The van der Waals surface area contributed by atoms with Crippen molar-refractivity contribution in [2.24, 2.45) is 0 Å². The molecule has 0 amide bonds. The Morgan fingerprint density at radius 1 is 1.21 bits per heavy atom. The van der Waals surface area contributed by atoms with Crippen molar-refractivity contribution in [2.45, 2.75) is 31.8 Å². The summed E-state index contributed by atoms with van der Waals surface area (Å²) in [7, 11) is 0. The van der Waals surface area contributed by atoms with E-state index in [-0.39, 0.29) is 5.82 Å². The summed E-state index contributed by atoms with van der Waals surface area (Å²) in [4.78, 5) is 5.13. The van der Waals surface area contributed by atoms with E-state index in [2.05, 4.69) is 25.7 Å². The van der Waals surface area contributed by atoms with Gasteiger partial charge >= 0.3 is 0 Å². The van der Waals surface area contributed by atoms with Crippen LogP contribution in [0.15, 0.2) is 22.7 Å². The number of rotatable bonds is 3. The summed E-state index contributed by atoms with van der Waals surface area (Å²) < 4.78 is 14.0. The second-order valence-corrected chi connectivity index (χ2v) is 6.51. The maximum atomic E-state index is 13.1. The Labute approximate surface area is 122 Å². The van der Waals surface area contributed by atoms with Gasteiger partial charge in [-0.15, -0.1) is 0 Å². The number of hydrogen-bond donors (Lipinski definition) is 0. The Kier molecular flexibility index (Phi) is 4.20. The molecule has 2 heterocycles. The molecule has 2 saturated heterocycles. The first-order chi connectivity index (χ1) is 9.22. The van der Waals surface area contributed by atoms with E-state index in [1.807, 2.05) is 6.07 Å². The Hall–Kier alpha value is -0.450. The second kappa shape index (κ2) is 5.90. The third-order valence-corrected chi connectivity index (χ3v) is 5.05. The van der Waals surface area contributed by atoms with Crippen molar-refractivity contribution in [3.05, 3.63) is 34.1 Å². The molecule has 0 aromatic heterocycles. The molecule has 0 spiro atoms. The smallest absolute Gasteiger partial charge is 0.124 e. The quantitative estimate of drug-likeness (QED) is 0.841. The standard InChI is InChI=1S/C15H20BrFN2/c16-15-9-13(17)4-3-12(15)10-18-8-5-14(11-18)19-6-1-2-7-19/h3-4,9,14H,1-2,5-8,10-11H2. The van der Waals surface area contributed by atoms with Gasteiger partial charge in [-0.3, -0.25) is 9.80 Å². The van der Waals surface area contributed by atoms with Crippen molar-refractivity contribution >= 4 is 15.9 Å². The number of benzene rings is 1. The lowest BCUT2D eigenvalue weighted by atomic mass is 10.2. The summed E-state index contributed by atoms with van der Waals surface area (Å²) in [6.45, 7) is 5.79. The molecule has 2 aliphatic heterocycles. The van der Waals surface area contributed by atoms with Crippen LogP contribution < -0.4 is 0 Å². The molecule has 19 heavy (non-hydrogen) atoms. The molecule has 0 radical (unpaired) electrons. The molecule has 1 aromatic carbocycles. The van der Waals surface area contributed by atoms with Crippen LogP contribution in [-0.2, 0) is 6.54 Å². The fourth-order valence-corrected chi connectivity index (χ4v) is 3.73. The number of halogens is 2. The number of likely N-dealkylation sites (tertiary alicyclic amines) is 2. The largest absolute Gasteiger partial charge is 0.299 e. The van der Waals surface area contributed by atoms with Gasteiger partial charge in [0, 0.05) is 30.1 Å². The lowest BCUT2D eigenvalue weighted by Gasteiger charge is -2.23. The second-order valence-electron chi connectivity index (χ2n) is 5.66. The Balaban J connectivity index is 1.59. The van der Waals surface area contributed by atoms with Crippen LogP contribution in [0.1, 0.15) is 24.8 Å². The van der Waals surface area contributed by atoms with Crippen molar-refractivity contribution in [1.82, 2.24) is 9.80 Å². The minimum absolute atomic E-state index is 0.174. The van der Waals surface area contributed by atoms with E-state index in [9.17, 15) is 4.39 Å². The zero-order valence-corrected chi connectivity index (χ0v) is 12.7. The summed E-state index contributed by atoms with van der Waals surface area (Å²) in [6.07, 6.45) is 4.00. The van der Waals surface area contributed by atoms with Gasteiger partial charge in [-0.05, 0) is 50.0 Å². The van der Waals surface area contributed by atoms with Gasteiger partial charge in [0.15, 0.2) is 0 Å². The van der Waals surface area contributed by atoms with Gasteiger partial charge in [-0.2, -0.15) is 0 Å². The van der Waals surface area contributed by atoms with Crippen LogP contribution in [0.5, 0.6) is 0 Å². The molecule has 2 aliphatic rings. The predicted molar refractivity (Wildman–Crippen MR) is 78.6 cm³/mol. The summed E-state index contributed by atoms with van der Waals surface area (Å²) in [5.41, 5.74) is 1.18. The highest BCUT2D eigenvalue weighted by molar-refractivity contribution is 9.10. The van der Waals surface area contributed by atoms with Gasteiger partial charge in [0.05, 0.1) is 0 Å². The van der Waals surface area contributed by atoms with Crippen molar-refractivity contribution in [3.8, 4) is 0 Å². The van der Waals surface area contributed by atoms with Crippen LogP contribution in [0.4, 0.5) is 4.39 Å². The van der Waals surface area contributed by atoms with Crippen molar-refractivity contribution in [2.75, 3.05) is 26.2 Å². The Morgan fingerprint density at radius 2 is 2.00 bits per heavy atom. The lowest BCUT2D eigenvalue weighted by Crippen LogP contribution is -2.35. The third-order valence-electron chi connectivity index (χ3n) is 4.31. The lowest BCUT2D eigenvalue weighted by molar-refractivity contribution is 0.229. The maximum Gasteiger partial charge on any atom is 0.124 e. The van der Waals surface area contributed by atoms with Gasteiger partial charge < -0.3 is 0 Å². The van der Waals surface area contributed by atoms with E-state index in [0.29, 0.717) is 0 Å².